The number of aromatic nitrogens is 2. The van der Waals surface area contributed by atoms with Crippen molar-refractivity contribution < 1.29 is 14.3 Å². The number of benzene rings is 3. The minimum Gasteiger partial charge on any atom is -0.422 e. The van der Waals surface area contributed by atoms with Gasteiger partial charge in [-0.15, -0.1) is 0 Å². The van der Waals surface area contributed by atoms with Gasteiger partial charge in [0.05, 0.1) is 16.0 Å². The Balaban J connectivity index is 1.52. The summed E-state index contributed by atoms with van der Waals surface area (Å²) in [6.45, 7) is 0. The van der Waals surface area contributed by atoms with E-state index >= 15 is 0 Å². The highest BCUT2D eigenvalue weighted by molar-refractivity contribution is 6.34. The second kappa shape index (κ2) is 8.41. The molecule has 154 valence electrons. The number of ether oxygens (including phenoxy) is 1. The molecular formula is C23H16ClN3O4. The molecule has 0 radical (unpaired) electrons. The largest absolute Gasteiger partial charge is 0.422 e. The number of hydrogen-bond donors (Lipinski definition) is 1. The van der Waals surface area contributed by atoms with Crippen LogP contribution < -0.4 is 15.6 Å². The van der Waals surface area contributed by atoms with Gasteiger partial charge in [0.25, 0.3) is 11.5 Å². The van der Waals surface area contributed by atoms with E-state index in [2.05, 4.69) is 10.4 Å². The number of amides is 1. The van der Waals surface area contributed by atoms with Gasteiger partial charge in [0.2, 0.25) is 0 Å². The number of nitrogens with one attached hydrogen (secondary N) is 1. The number of anilines is 1. The molecule has 0 aliphatic heterocycles. The zero-order valence-corrected chi connectivity index (χ0v) is 17.1. The summed E-state index contributed by atoms with van der Waals surface area (Å²) < 4.78 is 6.52. The number of esters is 1. The van der Waals surface area contributed by atoms with Gasteiger partial charge in [-0.25, -0.2) is 9.48 Å². The van der Waals surface area contributed by atoms with Crippen molar-refractivity contribution in [3.8, 4) is 5.75 Å². The zero-order valence-electron chi connectivity index (χ0n) is 16.3. The molecule has 4 aromatic rings. The summed E-state index contributed by atoms with van der Waals surface area (Å²) in [6, 6.07) is 19.7. The van der Waals surface area contributed by atoms with E-state index in [1.165, 1.54) is 7.05 Å². The van der Waals surface area contributed by atoms with E-state index in [4.69, 9.17) is 16.3 Å². The summed E-state index contributed by atoms with van der Waals surface area (Å²) >= 11 is 6.04. The molecular weight excluding hydrogens is 418 g/mol. The van der Waals surface area contributed by atoms with Crippen LogP contribution in [0.25, 0.3) is 10.8 Å². The van der Waals surface area contributed by atoms with Crippen LogP contribution in [0.1, 0.15) is 20.8 Å². The molecule has 0 atom stereocenters. The third-order valence-corrected chi connectivity index (χ3v) is 4.92. The Hall–Kier alpha value is -3.97. The second-order valence-corrected chi connectivity index (χ2v) is 7.08. The lowest BCUT2D eigenvalue weighted by atomic mass is 10.1. The molecule has 7 nitrogen and oxygen atoms in total. The first-order chi connectivity index (χ1) is 14.9. The number of carbonyl (C=O) groups excluding carboxylic acids is 2. The normalized spacial score (nSPS) is 10.6. The first-order valence-electron chi connectivity index (χ1n) is 9.28. The monoisotopic (exact) mass is 433 g/mol. The van der Waals surface area contributed by atoms with Crippen molar-refractivity contribution in [2.24, 2.45) is 7.05 Å². The number of nitrogens with zero attached hydrogens (tertiary/aromatic N) is 2. The quantitative estimate of drug-likeness (QED) is 0.387. The Morgan fingerprint density at radius 3 is 2.29 bits per heavy atom. The molecule has 0 aliphatic carbocycles. The van der Waals surface area contributed by atoms with Crippen LogP contribution in [-0.4, -0.2) is 21.7 Å². The molecule has 0 bridgehead atoms. The van der Waals surface area contributed by atoms with Gasteiger partial charge in [0, 0.05) is 18.1 Å². The Bertz CT molecular complexity index is 1360. The molecule has 31 heavy (non-hydrogen) atoms. The molecule has 0 spiro atoms. The summed E-state index contributed by atoms with van der Waals surface area (Å²) in [7, 11) is 1.47. The fourth-order valence-electron chi connectivity index (χ4n) is 3.06. The topological polar surface area (TPSA) is 90.3 Å². The van der Waals surface area contributed by atoms with E-state index in [0.717, 1.165) is 4.68 Å². The first kappa shape index (κ1) is 20.3. The number of carbonyl (C=O) groups is 2. The third-order valence-electron chi connectivity index (χ3n) is 4.59. The molecule has 0 saturated carbocycles. The SMILES string of the molecule is Cn1nc(C(=O)Oc2ccc(NC(=O)c3ccccc3Cl)cc2)c2ccccc2c1=O. The lowest BCUT2D eigenvalue weighted by Crippen LogP contribution is -2.24. The van der Waals surface area contributed by atoms with Crippen molar-refractivity contribution in [1.29, 1.82) is 0 Å². The molecule has 0 saturated heterocycles. The molecule has 8 heteroatoms. The Morgan fingerprint density at radius 1 is 0.935 bits per heavy atom. The number of hydrogen-bond acceptors (Lipinski definition) is 5. The van der Waals surface area contributed by atoms with Gasteiger partial charge in [0.1, 0.15) is 5.75 Å². The van der Waals surface area contributed by atoms with Gasteiger partial charge < -0.3 is 10.1 Å². The minimum absolute atomic E-state index is 0.0359. The molecule has 1 aromatic heterocycles. The average molecular weight is 434 g/mol. The van der Waals surface area contributed by atoms with Crippen LogP contribution in [0.15, 0.2) is 77.6 Å². The number of halogens is 1. The fraction of sp³-hybridized carbons (Fsp3) is 0.0435. The standard InChI is InChI=1S/C23H16ClN3O4/c1-27-22(29)17-7-3-2-6-16(17)20(26-27)23(30)31-15-12-10-14(11-13-15)25-21(28)18-8-4-5-9-19(18)24/h2-13H,1H3,(H,25,28). The molecule has 4 rings (SSSR count). The van der Waals surface area contributed by atoms with Crippen LogP contribution in [-0.2, 0) is 7.05 Å². The van der Waals surface area contributed by atoms with Crippen molar-refractivity contribution in [2.45, 2.75) is 0 Å². The van der Waals surface area contributed by atoms with Crippen molar-refractivity contribution in [3.63, 3.8) is 0 Å². The van der Waals surface area contributed by atoms with Crippen LogP contribution >= 0.6 is 11.6 Å². The van der Waals surface area contributed by atoms with Gasteiger partial charge in [-0.05, 0) is 42.5 Å². The molecule has 1 amide bonds. The zero-order chi connectivity index (χ0) is 22.0. The van der Waals surface area contributed by atoms with Gasteiger partial charge >= 0.3 is 5.97 Å². The maximum absolute atomic E-state index is 12.7. The van der Waals surface area contributed by atoms with E-state index in [-0.39, 0.29) is 22.9 Å². The highest BCUT2D eigenvalue weighted by Gasteiger charge is 2.18. The summed E-state index contributed by atoms with van der Waals surface area (Å²) in [5.41, 5.74) is 0.599. The van der Waals surface area contributed by atoms with Crippen LogP contribution in [0.4, 0.5) is 5.69 Å². The van der Waals surface area contributed by atoms with Gasteiger partial charge in [-0.1, -0.05) is 41.9 Å². The Kier molecular flexibility index (Phi) is 5.51. The number of fused-ring (bicyclic) bond motifs is 1. The Morgan fingerprint density at radius 2 is 1.58 bits per heavy atom. The average Bonchev–Trinajstić information content (AvgIpc) is 2.77. The van der Waals surface area contributed by atoms with E-state index in [1.807, 2.05) is 0 Å². The molecule has 1 N–H and O–H groups in total. The summed E-state index contributed by atoms with van der Waals surface area (Å²) in [5.74, 6) is -0.781. The van der Waals surface area contributed by atoms with Gasteiger partial charge in [0.15, 0.2) is 5.69 Å². The van der Waals surface area contributed by atoms with E-state index < -0.39 is 5.97 Å². The van der Waals surface area contributed by atoms with Crippen molar-refractivity contribution in [2.75, 3.05) is 5.32 Å². The second-order valence-electron chi connectivity index (χ2n) is 6.67. The lowest BCUT2D eigenvalue weighted by molar-refractivity contribution is 0.0728. The fourth-order valence-corrected chi connectivity index (χ4v) is 3.28. The number of rotatable bonds is 4. The van der Waals surface area contributed by atoms with Crippen LogP contribution in [0.2, 0.25) is 5.02 Å². The lowest BCUT2D eigenvalue weighted by Gasteiger charge is -2.09. The van der Waals surface area contributed by atoms with E-state index in [0.29, 0.717) is 27.0 Å². The first-order valence-corrected chi connectivity index (χ1v) is 9.66. The molecule has 0 aliphatic rings. The van der Waals surface area contributed by atoms with Crippen LogP contribution in [0.3, 0.4) is 0 Å². The smallest absolute Gasteiger partial charge is 0.364 e. The maximum Gasteiger partial charge on any atom is 0.364 e. The third kappa shape index (κ3) is 4.17. The predicted octanol–water partition coefficient (Wildman–Crippen LogP) is 4.06. The number of aryl methyl sites for hydroxylation is 1. The predicted molar refractivity (Wildman–Crippen MR) is 118 cm³/mol. The maximum atomic E-state index is 12.7. The highest BCUT2D eigenvalue weighted by Crippen LogP contribution is 2.21. The summed E-state index contributed by atoms with van der Waals surface area (Å²) in [5, 5.41) is 7.94. The highest BCUT2D eigenvalue weighted by atomic mass is 35.5. The summed E-state index contributed by atoms with van der Waals surface area (Å²) in [6.07, 6.45) is 0. The Labute approximate surface area is 181 Å². The molecule has 1 heterocycles. The van der Waals surface area contributed by atoms with Crippen molar-refractivity contribution >= 4 is 39.9 Å². The summed E-state index contributed by atoms with van der Waals surface area (Å²) in [4.78, 5) is 37.3. The van der Waals surface area contributed by atoms with Gasteiger partial charge in [-0.2, -0.15) is 5.10 Å². The molecule has 0 fully saturated rings. The van der Waals surface area contributed by atoms with Crippen molar-refractivity contribution in [3.05, 3.63) is 99.4 Å². The molecule has 0 unspecified atom stereocenters. The van der Waals surface area contributed by atoms with Crippen LogP contribution in [0, 0.1) is 0 Å². The minimum atomic E-state index is -0.695. The molecule has 3 aromatic carbocycles. The van der Waals surface area contributed by atoms with Crippen molar-refractivity contribution in [1.82, 2.24) is 9.78 Å². The van der Waals surface area contributed by atoms with Gasteiger partial charge in [-0.3, -0.25) is 9.59 Å². The van der Waals surface area contributed by atoms with Crippen LogP contribution in [0.5, 0.6) is 5.75 Å². The van der Waals surface area contributed by atoms with E-state index in [1.54, 1.807) is 72.8 Å². The van der Waals surface area contributed by atoms with E-state index in [9.17, 15) is 14.4 Å².